The van der Waals surface area contributed by atoms with Gasteiger partial charge in [-0.25, -0.2) is 0 Å². The van der Waals surface area contributed by atoms with Gasteiger partial charge in [0.2, 0.25) is 5.82 Å². The van der Waals surface area contributed by atoms with Crippen molar-refractivity contribution >= 4 is 5.69 Å². The van der Waals surface area contributed by atoms with Gasteiger partial charge in [-0.3, -0.25) is 0 Å². The Labute approximate surface area is 123 Å². The SMILES string of the molecule is CCc1ccc(-c2noc(-c3ccc(C)c(N)c3)n2)cc1. The Hall–Kier alpha value is -2.62. The molecule has 0 bridgehead atoms. The molecule has 4 heteroatoms. The van der Waals surface area contributed by atoms with Gasteiger partial charge < -0.3 is 10.3 Å². The predicted octanol–water partition coefficient (Wildman–Crippen LogP) is 3.86. The fourth-order valence-corrected chi connectivity index (χ4v) is 2.12. The van der Waals surface area contributed by atoms with Crippen molar-refractivity contribution < 1.29 is 4.52 Å². The van der Waals surface area contributed by atoms with E-state index in [0.717, 1.165) is 28.8 Å². The normalized spacial score (nSPS) is 10.8. The van der Waals surface area contributed by atoms with Crippen LogP contribution in [0.25, 0.3) is 22.8 Å². The topological polar surface area (TPSA) is 64.9 Å². The summed E-state index contributed by atoms with van der Waals surface area (Å²) in [6.45, 7) is 4.09. The van der Waals surface area contributed by atoms with Crippen molar-refractivity contribution in [1.82, 2.24) is 10.1 Å². The minimum absolute atomic E-state index is 0.483. The minimum atomic E-state index is 0.483. The van der Waals surface area contributed by atoms with E-state index < -0.39 is 0 Å². The molecule has 3 rings (SSSR count). The van der Waals surface area contributed by atoms with E-state index in [1.165, 1.54) is 5.56 Å². The molecule has 0 radical (unpaired) electrons. The molecule has 2 N–H and O–H groups in total. The summed E-state index contributed by atoms with van der Waals surface area (Å²) in [6, 6.07) is 13.9. The largest absolute Gasteiger partial charge is 0.398 e. The van der Waals surface area contributed by atoms with Gasteiger partial charge in [0.1, 0.15) is 0 Å². The Morgan fingerprint density at radius 3 is 2.43 bits per heavy atom. The molecule has 0 saturated heterocycles. The van der Waals surface area contributed by atoms with Crippen LogP contribution in [0.3, 0.4) is 0 Å². The van der Waals surface area contributed by atoms with Crippen molar-refractivity contribution in [3.8, 4) is 22.8 Å². The average molecular weight is 279 g/mol. The van der Waals surface area contributed by atoms with Gasteiger partial charge >= 0.3 is 0 Å². The van der Waals surface area contributed by atoms with E-state index >= 15 is 0 Å². The van der Waals surface area contributed by atoms with Crippen LogP contribution in [0.5, 0.6) is 0 Å². The van der Waals surface area contributed by atoms with Gasteiger partial charge in [0.25, 0.3) is 5.89 Å². The van der Waals surface area contributed by atoms with Crippen LogP contribution in [0.2, 0.25) is 0 Å². The zero-order valence-electron chi connectivity index (χ0n) is 12.1. The van der Waals surface area contributed by atoms with Crippen LogP contribution in [0.1, 0.15) is 18.1 Å². The van der Waals surface area contributed by atoms with Crippen molar-refractivity contribution in [3.05, 3.63) is 53.6 Å². The number of rotatable bonds is 3. The van der Waals surface area contributed by atoms with Crippen LogP contribution in [0, 0.1) is 6.92 Å². The number of hydrogen-bond acceptors (Lipinski definition) is 4. The Kier molecular flexibility index (Phi) is 3.44. The fourth-order valence-electron chi connectivity index (χ4n) is 2.12. The average Bonchev–Trinajstić information content (AvgIpc) is 3.00. The van der Waals surface area contributed by atoms with E-state index in [0.29, 0.717) is 11.7 Å². The third-order valence-corrected chi connectivity index (χ3v) is 3.57. The molecule has 106 valence electrons. The van der Waals surface area contributed by atoms with Crippen LogP contribution in [-0.2, 0) is 6.42 Å². The molecule has 0 amide bonds. The van der Waals surface area contributed by atoms with Gasteiger partial charge in [-0.15, -0.1) is 0 Å². The molecule has 0 unspecified atom stereocenters. The molecular formula is C17H17N3O. The summed E-state index contributed by atoms with van der Waals surface area (Å²) in [7, 11) is 0. The summed E-state index contributed by atoms with van der Waals surface area (Å²) in [4.78, 5) is 4.44. The Morgan fingerprint density at radius 1 is 1.05 bits per heavy atom. The van der Waals surface area contributed by atoms with Gasteiger partial charge in [0.05, 0.1) is 0 Å². The van der Waals surface area contributed by atoms with E-state index in [9.17, 15) is 0 Å². The number of benzene rings is 2. The summed E-state index contributed by atoms with van der Waals surface area (Å²) in [5.41, 5.74) is 10.7. The Morgan fingerprint density at radius 2 is 1.76 bits per heavy atom. The van der Waals surface area contributed by atoms with E-state index in [4.69, 9.17) is 10.3 Å². The first-order chi connectivity index (χ1) is 10.2. The summed E-state index contributed by atoms with van der Waals surface area (Å²) in [5, 5.41) is 4.04. The first kappa shape index (κ1) is 13.4. The molecule has 0 fully saturated rings. The lowest BCUT2D eigenvalue weighted by Crippen LogP contribution is -1.90. The third-order valence-electron chi connectivity index (χ3n) is 3.57. The number of hydrogen-bond donors (Lipinski definition) is 1. The lowest BCUT2D eigenvalue weighted by atomic mass is 10.1. The second-order valence-electron chi connectivity index (χ2n) is 5.04. The molecule has 0 aliphatic rings. The van der Waals surface area contributed by atoms with E-state index in [2.05, 4.69) is 29.2 Å². The van der Waals surface area contributed by atoms with Crippen LogP contribution in [0.4, 0.5) is 5.69 Å². The van der Waals surface area contributed by atoms with Crippen molar-refractivity contribution in [2.75, 3.05) is 5.73 Å². The predicted molar refractivity (Wildman–Crippen MR) is 83.7 cm³/mol. The zero-order chi connectivity index (χ0) is 14.8. The number of aromatic nitrogens is 2. The van der Waals surface area contributed by atoms with Crippen molar-refractivity contribution in [2.45, 2.75) is 20.3 Å². The quantitative estimate of drug-likeness (QED) is 0.739. The van der Waals surface area contributed by atoms with Crippen LogP contribution >= 0.6 is 0 Å². The lowest BCUT2D eigenvalue weighted by Gasteiger charge is -2.00. The van der Waals surface area contributed by atoms with Crippen LogP contribution < -0.4 is 5.73 Å². The maximum absolute atomic E-state index is 5.92. The summed E-state index contributed by atoms with van der Waals surface area (Å²) in [5.74, 6) is 1.07. The smallest absolute Gasteiger partial charge is 0.258 e. The molecule has 0 aliphatic heterocycles. The fraction of sp³-hybridized carbons (Fsp3) is 0.176. The monoisotopic (exact) mass is 279 g/mol. The second-order valence-corrected chi connectivity index (χ2v) is 5.04. The molecule has 0 atom stereocenters. The van der Waals surface area contributed by atoms with Crippen molar-refractivity contribution in [3.63, 3.8) is 0 Å². The highest BCUT2D eigenvalue weighted by molar-refractivity contribution is 5.64. The molecule has 1 heterocycles. The number of nitrogens with two attached hydrogens (primary N) is 1. The molecule has 3 aromatic rings. The summed E-state index contributed by atoms with van der Waals surface area (Å²) < 4.78 is 5.34. The first-order valence-corrected chi connectivity index (χ1v) is 6.97. The Bertz CT molecular complexity index is 760. The number of anilines is 1. The first-order valence-electron chi connectivity index (χ1n) is 6.97. The minimum Gasteiger partial charge on any atom is -0.398 e. The number of aryl methyl sites for hydroxylation is 2. The van der Waals surface area contributed by atoms with Gasteiger partial charge in [-0.05, 0) is 36.6 Å². The van der Waals surface area contributed by atoms with E-state index in [1.807, 2.05) is 37.3 Å². The molecule has 2 aromatic carbocycles. The van der Waals surface area contributed by atoms with E-state index in [-0.39, 0.29) is 0 Å². The molecule has 21 heavy (non-hydrogen) atoms. The molecule has 1 aromatic heterocycles. The van der Waals surface area contributed by atoms with Gasteiger partial charge in [0, 0.05) is 16.8 Å². The molecule has 4 nitrogen and oxygen atoms in total. The molecule has 0 saturated carbocycles. The lowest BCUT2D eigenvalue weighted by molar-refractivity contribution is 0.432. The van der Waals surface area contributed by atoms with Gasteiger partial charge in [-0.2, -0.15) is 4.98 Å². The van der Waals surface area contributed by atoms with Crippen LogP contribution in [-0.4, -0.2) is 10.1 Å². The number of nitrogens with zero attached hydrogens (tertiary/aromatic N) is 2. The maximum atomic E-state index is 5.92. The third kappa shape index (κ3) is 2.65. The highest BCUT2D eigenvalue weighted by atomic mass is 16.5. The molecule has 0 spiro atoms. The standard InChI is InChI=1S/C17H17N3O/c1-3-12-5-8-13(9-6-12)16-19-17(21-20-16)14-7-4-11(2)15(18)10-14/h4-10H,3,18H2,1-2H3. The van der Waals surface area contributed by atoms with Crippen molar-refractivity contribution in [2.24, 2.45) is 0 Å². The highest BCUT2D eigenvalue weighted by Gasteiger charge is 2.11. The number of nitrogen functional groups attached to an aromatic ring is 1. The summed E-state index contributed by atoms with van der Waals surface area (Å²) >= 11 is 0. The maximum Gasteiger partial charge on any atom is 0.258 e. The molecular weight excluding hydrogens is 262 g/mol. The Balaban J connectivity index is 1.93. The van der Waals surface area contributed by atoms with Gasteiger partial charge in [-0.1, -0.05) is 42.4 Å². The summed E-state index contributed by atoms with van der Waals surface area (Å²) in [6.07, 6.45) is 1.01. The molecule has 0 aliphatic carbocycles. The second kappa shape index (κ2) is 5.40. The van der Waals surface area contributed by atoms with Crippen molar-refractivity contribution in [1.29, 1.82) is 0 Å². The van der Waals surface area contributed by atoms with E-state index in [1.54, 1.807) is 0 Å². The van der Waals surface area contributed by atoms with Gasteiger partial charge in [0.15, 0.2) is 0 Å². The van der Waals surface area contributed by atoms with Crippen LogP contribution in [0.15, 0.2) is 47.0 Å². The highest BCUT2D eigenvalue weighted by Crippen LogP contribution is 2.25. The zero-order valence-corrected chi connectivity index (χ0v) is 12.1.